The van der Waals surface area contributed by atoms with Gasteiger partial charge >= 0.3 is 5.97 Å². The molecule has 4 rings (SSSR count). The van der Waals surface area contributed by atoms with Crippen molar-refractivity contribution in [3.8, 4) is 0 Å². The minimum Gasteiger partial charge on any atom is -0.459 e. The smallest absolute Gasteiger partial charge is 0.338 e. The van der Waals surface area contributed by atoms with Gasteiger partial charge in [-0.05, 0) is 12.1 Å². The molecule has 10 heteroatoms. The molecule has 1 fully saturated rings. The van der Waals surface area contributed by atoms with Crippen LogP contribution in [0.5, 0.6) is 0 Å². The number of halogens is 1. The van der Waals surface area contributed by atoms with Crippen LogP contribution in [0.1, 0.15) is 16.6 Å². The van der Waals surface area contributed by atoms with Crippen molar-refractivity contribution in [1.82, 2.24) is 19.5 Å². The second-order valence-corrected chi connectivity index (χ2v) is 6.05. The Balaban J connectivity index is 1.49. The van der Waals surface area contributed by atoms with Gasteiger partial charge in [-0.3, -0.25) is 4.57 Å². The van der Waals surface area contributed by atoms with Gasteiger partial charge in [-0.25, -0.2) is 24.1 Å². The zero-order chi connectivity index (χ0) is 19.0. The minimum atomic E-state index is -1.76. The molecule has 0 unspecified atom stereocenters. The van der Waals surface area contributed by atoms with Crippen LogP contribution >= 0.6 is 0 Å². The molecule has 3 aromatic rings. The molecule has 1 aliphatic heterocycles. The highest BCUT2D eigenvalue weighted by Gasteiger charge is 2.46. The Morgan fingerprint density at radius 3 is 2.85 bits per heavy atom. The van der Waals surface area contributed by atoms with E-state index in [2.05, 4.69) is 15.0 Å². The Kier molecular flexibility index (Phi) is 4.42. The number of hydrogen-bond acceptors (Lipinski definition) is 8. The maximum atomic E-state index is 14.6. The maximum Gasteiger partial charge on any atom is 0.338 e. The third kappa shape index (κ3) is 3.09. The standard InChI is InChI=1S/C17H16FN5O4/c18-11-13(24)10(6-26-17(25)9-4-2-1-3-5-9)27-16(11)23-8-22-12-14(19)20-7-21-15(12)23/h1-5,7-8,10-11,13,16,24H,6H2,(H2,19,20,21)/t10-,11-,13-,16-/m1/s1. The van der Waals surface area contributed by atoms with Crippen LogP contribution in [-0.4, -0.2) is 55.6 Å². The molecule has 3 N–H and O–H groups in total. The molecule has 2 aromatic heterocycles. The molecule has 9 nitrogen and oxygen atoms in total. The first-order valence-corrected chi connectivity index (χ1v) is 8.19. The molecule has 0 radical (unpaired) electrons. The van der Waals surface area contributed by atoms with Crippen molar-refractivity contribution in [2.24, 2.45) is 0 Å². The largest absolute Gasteiger partial charge is 0.459 e. The van der Waals surface area contributed by atoms with Crippen molar-refractivity contribution in [1.29, 1.82) is 0 Å². The van der Waals surface area contributed by atoms with Crippen LogP contribution < -0.4 is 5.73 Å². The number of anilines is 1. The van der Waals surface area contributed by atoms with E-state index in [-0.39, 0.29) is 18.1 Å². The van der Waals surface area contributed by atoms with Crippen LogP contribution in [0.3, 0.4) is 0 Å². The predicted octanol–water partition coefficient (Wildman–Crippen LogP) is 0.862. The lowest BCUT2D eigenvalue weighted by Crippen LogP contribution is -2.32. The summed E-state index contributed by atoms with van der Waals surface area (Å²) in [5.74, 6) is -0.431. The number of alkyl halides is 1. The predicted molar refractivity (Wildman–Crippen MR) is 91.3 cm³/mol. The van der Waals surface area contributed by atoms with Crippen LogP contribution in [0.25, 0.3) is 11.2 Å². The maximum absolute atomic E-state index is 14.6. The molecule has 0 aliphatic carbocycles. The van der Waals surface area contributed by atoms with E-state index in [0.717, 1.165) is 0 Å². The quantitative estimate of drug-likeness (QED) is 0.645. The molecule has 1 aliphatic rings. The van der Waals surface area contributed by atoms with Crippen LogP contribution in [0.2, 0.25) is 0 Å². The number of aliphatic hydroxyl groups is 1. The molecule has 4 atom stereocenters. The number of carbonyl (C=O) groups is 1. The van der Waals surface area contributed by atoms with Crippen molar-refractivity contribution in [2.75, 3.05) is 12.3 Å². The van der Waals surface area contributed by atoms with E-state index in [4.69, 9.17) is 15.2 Å². The Bertz CT molecular complexity index is 966. The zero-order valence-corrected chi connectivity index (χ0v) is 14.0. The van der Waals surface area contributed by atoms with Crippen molar-refractivity contribution in [2.45, 2.75) is 24.6 Å². The summed E-state index contributed by atoms with van der Waals surface area (Å²) in [4.78, 5) is 23.9. The normalized spacial score (nSPS) is 25.0. The molecule has 0 saturated carbocycles. The number of ether oxygens (including phenoxy) is 2. The minimum absolute atomic E-state index is 0.154. The number of benzene rings is 1. The molecular weight excluding hydrogens is 357 g/mol. The van der Waals surface area contributed by atoms with Gasteiger partial charge in [-0.2, -0.15) is 0 Å². The Labute approximate surface area is 152 Å². The number of rotatable bonds is 4. The fraction of sp³-hybridized carbons (Fsp3) is 0.294. The summed E-state index contributed by atoms with van der Waals surface area (Å²) in [6.07, 6.45) is -2.91. The highest BCUT2D eigenvalue weighted by Crippen LogP contribution is 2.34. The number of nitrogens with two attached hydrogens (primary N) is 1. The van der Waals surface area contributed by atoms with Gasteiger partial charge in [0.2, 0.25) is 0 Å². The molecule has 0 amide bonds. The molecule has 1 aromatic carbocycles. The average molecular weight is 373 g/mol. The van der Waals surface area contributed by atoms with Gasteiger partial charge in [0.05, 0.1) is 11.9 Å². The van der Waals surface area contributed by atoms with Gasteiger partial charge in [0, 0.05) is 0 Å². The lowest BCUT2D eigenvalue weighted by atomic mass is 10.1. The number of hydrogen-bond donors (Lipinski definition) is 2. The first kappa shape index (κ1) is 17.3. The van der Waals surface area contributed by atoms with Gasteiger partial charge < -0.3 is 20.3 Å². The number of aromatic nitrogens is 4. The fourth-order valence-corrected chi connectivity index (χ4v) is 2.94. The van der Waals surface area contributed by atoms with Crippen LogP contribution in [-0.2, 0) is 9.47 Å². The highest BCUT2D eigenvalue weighted by atomic mass is 19.1. The molecular formula is C17H16FN5O4. The van der Waals surface area contributed by atoms with Crippen LogP contribution in [0.4, 0.5) is 10.2 Å². The topological polar surface area (TPSA) is 125 Å². The summed E-state index contributed by atoms with van der Waals surface area (Å²) in [7, 11) is 0. The van der Waals surface area contributed by atoms with Crippen molar-refractivity contribution in [3.05, 3.63) is 48.5 Å². The number of esters is 1. The number of nitrogens with zero attached hydrogens (tertiary/aromatic N) is 4. The fourth-order valence-electron chi connectivity index (χ4n) is 2.94. The average Bonchev–Trinajstić information content (AvgIpc) is 3.23. The summed E-state index contributed by atoms with van der Waals surface area (Å²) >= 11 is 0. The summed E-state index contributed by atoms with van der Waals surface area (Å²) in [5, 5.41) is 10.2. The van der Waals surface area contributed by atoms with Crippen molar-refractivity contribution < 1.29 is 23.8 Å². The lowest BCUT2D eigenvalue weighted by Gasteiger charge is -2.15. The summed E-state index contributed by atoms with van der Waals surface area (Å²) in [6.45, 7) is -0.296. The SMILES string of the molecule is Nc1ncnc2c1ncn2[C@@H]1O[C@H](COC(=O)c2ccccc2)[C@@H](O)[C@H]1F. The van der Waals surface area contributed by atoms with Gasteiger partial charge in [0.25, 0.3) is 0 Å². The van der Waals surface area contributed by atoms with Gasteiger partial charge in [-0.1, -0.05) is 18.2 Å². The zero-order valence-electron chi connectivity index (χ0n) is 14.0. The van der Waals surface area contributed by atoms with Gasteiger partial charge in [0.15, 0.2) is 23.9 Å². The van der Waals surface area contributed by atoms with Gasteiger partial charge in [-0.15, -0.1) is 0 Å². The van der Waals surface area contributed by atoms with E-state index in [1.54, 1.807) is 30.3 Å². The number of aliphatic hydroxyl groups excluding tert-OH is 1. The first-order chi connectivity index (χ1) is 13.1. The Morgan fingerprint density at radius 1 is 1.30 bits per heavy atom. The first-order valence-electron chi connectivity index (χ1n) is 8.19. The third-order valence-corrected chi connectivity index (χ3v) is 4.34. The van der Waals surface area contributed by atoms with Crippen molar-refractivity contribution in [3.63, 3.8) is 0 Å². The van der Waals surface area contributed by atoms with E-state index >= 15 is 0 Å². The Hall–Kier alpha value is -3.11. The third-order valence-electron chi connectivity index (χ3n) is 4.34. The van der Waals surface area contributed by atoms with E-state index in [1.807, 2.05) is 0 Å². The number of nitrogen functional groups attached to an aromatic ring is 1. The monoisotopic (exact) mass is 373 g/mol. The van der Waals surface area contributed by atoms with Crippen LogP contribution in [0, 0.1) is 0 Å². The lowest BCUT2D eigenvalue weighted by molar-refractivity contribution is -0.0529. The number of carbonyl (C=O) groups excluding carboxylic acids is 1. The van der Waals surface area contributed by atoms with Crippen LogP contribution in [0.15, 0.2) is 43.0 Å². The molecule has 1 saturated heterocycles. The second-order valence-electron chi connectivity index (χ2n) is 6.05. The molecule has 140 valence electrons. The van der Waals surface area contributed by atoms with Crippen molar-refractivity contribution >= 4 is 23.0 Å². The van der Waals surface area contributed by atoms with E-state index in [0.29, 0.717) is 11.1 Å². The molecule has 0 bridgehead atoms. The number of fused-ring (bicyclic) bond motifs is 1. The second kappa shape index (κ2) is 6.89. The molecule has 3 heterocycles. The van der Waals surface area contributed by atoms with E-state index in [1.165, 1.54) is 17.2 Å². The highest BCUT2D eigenvalue weighted by molar-refractivity contribution is 5.89. The summed E-state index contributed by atoms with van der Waals surface area (Å²) < 4.78 is 26.7. The molecule has 27 heavy (non-hydrogen) atoms. The van der Waals surface area contributed by atoms with Gasteiger partial charge in [0.1, 0.15) is 30.7 Å². The molecule has 0 spiro atoms. The summed E-state index contributed by atoms with van der Waals surface area (Å²) in [6, 6.07) is 8.35. The Morgan fingerprint density at radius 2 is 2.07 bits per heavy atom. The van der Waals surface area contributed by atoms with E-state index < -0.39 is 30.6 Å². The van der Waals surface area contributed by atoms with E-state index in [9.17, 15) is 14.3 Å². The number of imidazole rings is 1. The summed E-state index contributed by atoms with van der Waals surface area (Å²) in [5.41, 5.74) is 6.67.